The zero-order valence-corrected chi connectivity index (χ0v) is 12.9. The Morgan fingerprint density at radius 2 is 2.05 bits per heavy atom. The van der Waals surface area contributed by atoms with Gasteiger partial charge in [0.1, 0.15) is 5.76 Å². The first kappa shape index (κ1) is 15.3. The maximum absolute atomic E-state index is 11.5. The molecule has 21 heavy (non-hydrogen) atoms. The third-order valence-electron chi connectivity index (χ3n) is 3.63. The van der Waals surface area contributed by atoms with Gasteiger partial charge in [-0.3, -0.25) is 0 Å². The number of rotatable bonds is 5. The molecule has 1 aromatic heterocycles. The molecule has 0 radical (unpaired) electrons. The summed E-state index contributed by atoms with van der Waals surface area (Å²) in [5.74, 6) is 0.510. The summed E-state index contributed by atoms with van der Waals surface area (Å²) >= 11 is 0. The number of furan rings is 1. The summed E-state index contributed by atoms with van der Waals surface area (Å²) in [5, 5.41) is 3.24. The van der Waals surface area contributed by atoms with Crippen LogP contribution in [0.5, 0.6) is 0 Å². The van der Waals surface area contributed by atoms with Crippen molar-refractivity contribution in [1.82, 2.24) is 5.32 Å². The molecule has 0 bridgehead atoms. The van der Waals surface area contributed by atoms with E-state index in [-0.39, 0.29) is 11.8 Å². The lowest BCUT2D eigenvalue weighted by atomic mass is 9.98. The molecule has 0 fully saturated rings. The normalized spacial score (nSPS) is 12.2. The summed E-state index contributed by atoms with van der Waals surface area (Å²) in [7, 11) is 3.23. The number of hydrogen-bond acceptors (Lipinski definition) is 4. The summed E-state index contributed by atoms with van der Waals surface area (Å²) in [6.45, 7) is 4.18. The minimum atomic E-state index is -0.456. The number of ether oxygens (including phenoxy) is 1. The van der Waals surface area contributed by atoms with Crippen LogP contribution in [0.1, 0.15) is 39.0 Å². The van der Waals surface area contributed by atoms with Crippen molar-refractivity contribution in [3.05, 3.63) is 58.5 Å². The van der Waals surface area contributed by atoms with Gasteiger partial charge in [-0.25, -0.2) is 4.79 Å². The first-order chi connectivity index (χ1) is 10.0. The van der Waals surface area contributed by atoms with E-state index in [9.17, 15) is 4.79 Å². The van der Waals surface area contributed by atoms with Crippen molar-refractivity contribution in [2.75, 3.05) is 14.2 Å². The van der Waals surface area contributed by atoms with Gasteiger partial charge in [-0.05, 0) is 50.6 Å². The van der Waals surface area contributed by atoms with Crippen LogP contribution in [0.4, 0.5) is 0 Å². The largest absolute Gasteiger partial charge is 0.463 e. The summed E-state index contributed by atoms with van der Waals surface area (Å²) in [6, 6.07) is 9.90. The highest BCUT2D eigenvalue weighted by Crippen LogP contribution is 2.23. The quantitative estimate of drug-likeness (QED) is 0.858. The molecule has 0 saturated carbocycles. The third-order valence-corrected chi connectivity index (χ3v) is 3.63. The second kappa shape index (κ2) is 6.59. The average Bonchev–Trinajstić information content (AvgIpc) is 2.97. The summed E-state index contributed by atoms with van der Waals surface area (Å²) in [6.07, 6.45) is 0.804. The van der Waals surface area contributed by atoms with Gasteiger partial charge in [0.2, 0.25) is 5.76 Å². The fourth-order valence-electron chi connectivity index (χ4n) is 2.34. The third kappa shape index (κ3) is 3.52. The topological polar surface area (TPSA) is 51.5 Å². The van der Waals surface area contributed by atoms with Crippen molar-refractivity contribution in [3.63, 3.8) is 0 Å². The van der Waals surface area contributed by atoms with Gasteiger partial charge in [0, 0.05) is 0 Å². The van der Waals surface area contributed by atoms with Crippen LogP contribution < -0.4 is 5.32 Å². The SMILES string of the molecule is CNC(Cc1cc(C)ccc1C)c1ccc(C(=O)OC)o1. The van der Waals surface area contributed by atoms with Gasteiger partial charge in [0.15, 0.2) is 0 Å². The second-order valence-electron chi connectivity index (χ2n) is 5.17. The van der Waals surface area contributed by atoms with Crippen LogP contribution >= 0.6 is 0 Å². The molecule has 0 aliphatic rings. The number of methoxy groups -OCH3 is 1. The van der Waals surface area contributed by atoms with Crippen molar-refractivity contribution in [2.45, 2.75) is 26.3 Å². The Hall–Kier alpha value is -2.07. The molecule has 1 unspecified atom stereocenters. The number of hydrogen-bond donors (Lipinski definition) is 1. The van der Waals surface area contributed by atoms with Crippen LogP contribution in [0.3, 0.4) is 0 Å². The van der Waals surface area contributed by atoms with Crippen LogP contribution in [-0.2, 0) is 11.2 Å². The predicted octanol–water partition coefficient (Wildman–Crippen LogP) is 3.19. The zero-order valence-electron chi connectivity index (χ0n) is 12.9. The van der Waals surface area contributed by atoms with Crippen LogP contribution in [0.25, 0.3) is 0 Å². The summed E-state index contributed by atoms with van der Waals surface area (Å²) in [5.41, 5.74) is 3.76. The van der Waals surface area contributed by atoms with E-state index >= 15 is 0 Å². The molecule has 2 rings (SSSR count). The molecule has 1 atom stereocenters. The predicted molar refractivity (Wildman–Crippen MR) is 81.5 cm³/mol. The van der Waals surface area contributed by atoms with E-state index in [4.69, 9.17) is 4.42 Å². The van der Waals surface area contributed by atoms with Crippen molar-refractivity contribution >= 4 is 5.97 Å². The van der Waals surface area contributed by atoms with Crippen LogP contribution in [0, 0.1) is 13.8 Å². The van der Waals surface area contributed by atoms with E-state index in [1.807, 2.05) is 13.1 Å². The Morgan fingerprint density at radius 1 is 1.29 bits per heavy atom. The van der Waals surface area contributed by atoms with E-state index in [2.05, 4.69) is 42.1 Å². The molecule has 1 heterocycles. The number of esters is 1. The lowest BCUT2D eigenvalue weighted by molar-refractivity contribution is 0.0562. The maximum atomic E-state index is 11.5. The monoisotopic (exact) mass is 287 g/mol. The molecule has 0 aliphatic heterocycles. The number of carbonyl (C=O) groups excluding carboxylic acids is 1. The average molecular weight is 287 g/mol. The molecular formula is C17H21NO3. The van der Waals surface area contributed by atoms with Gasteiger partial charge < -0.3 is 14.5 Å². The van der Waals surface area contributed by atoms with Gasteiger partial charge in [0.05, 0.1) is 13.2 Å². The summed E-state index contributed by atoms with van der Waals surface area (Å²) in [4.78, 5) is 11.5. The lowest BCUT2D eigenvalue weighted by Gasteiger charge is -2.16. The molecule has 0 amide bonds. The maximum Gasteiger partial charge on any atom is 0.373 e. The molecule has 0 spiro atoms. The molecule has 1 N–H and O–H groups in total. The van der Waals surface area contributed by atoms with Gasteiger partial charge in [0.25, 0.3) is 0 Å². The zero-order chi connectivity index (χ0) is 15.4. The second-order valence-corrected chi connectivity index (χ2v) is 5.17. The minimum absolute atomic E-state index is 0.0175. The first-order valence-electron chi connectivity index (χ1n) is 6.96. The Balaban J connectivity index is 2.21. The van der Waals surface area contributed by atoms with E-state index < -0.39 is 5.97 Å². The minimum Gasteiger partial charge on any atom is -0.463 e. The van der Waals surface area contributed by atoms with E-state index in [0.29, 0.717) is 0 Å². The summed E-state index contributed by atoms with van der Waals surface area (Å²) < 4.78 is 10.3. The highest BCUT2D eigenvalue weighted by atomic mass is 16.5. The number of carbonyl (C=O) groups is 1. The lowest BCUT2D eigenvalue weighted by Crippen LogP contribution is -2.18. The molecule has 4 nitrogen and oxygen atoms in total. The Kier molecular flexibility index (Phi) is 4.81. The highest BCUT2D eigenvalue weighted by Gasteiger charge is 2.18. The Labute approximate surface area is 125 Å². The standard InChI is InChI=1S/C17H21NO3/c1-11-5-6-12(2)13(9-11)10-14(18-3)15-7-8-16(21-15)17(19)20-4/h5-9,14,18H,10H2,1-4H3. The van der Waals surface area contributed by atoms with Gasteiger partial charge in [-0.2, -0.15) is 0 Å². The Morgan fingerprint density at radius 3 is 2.71 bits per heavy atom. The van der Waals surface area contributed by atoms with Crippen LogP contribution in [0.2, 0.25) is 0 Å². The van der Waals surface area contributed by atoms with Crippen molar-refractivity contribution in [2.24, 2.45) is 0 Å². The molecule has 0 saturated heterocycles. The number of nitrogens with one attached hydrogen (secondary N) is 1. The van der Waals surface area contributed by atoms with Crippen LogP contribution in [0.15, 0.2) is 34.7 Å². The Bertz CT molecular complexity index is 631. The van der Waals surface area contributed by atoms with Crippen molar-refractivity contribution in [3.8, 4) is 0 Å². The van der Waals surface area contributed by atoms with E-state index in [1.54, 1.807) is 6.07 Å². The molecular weight excluding hydrogens is 266 g/mol. The molecule has 2 aromatic rings. The first-order valence-corrected chi connectivity index (χ1v) is 6.96. The molecule has 1 aromatic carbocycles. The van der Waals surface area contributed by atoms with E-state index in [0.717, 1.165) is 12.2 Å². The number of benzene rings is 1. The van der Waals surface area contributed by atoms with Crippen molar-refractivity contribution in [1.29, 1.82) is 0 Å². The number of aryl methyl sites for hydroxylation is 2. The highest BCUT2D eigenvalue weighted by molar-refractivity contribution is 5.86. The van der Waals surface area contributed by atoms with E-state index in [1.165, 1.54) is 23.8 Å². The smallest absolute Gasteiger partial charge is 0.373 e. The number of likely N-dealkylation sites (N-methyl/N-ethyl adjacent to an activating group) is 1. The van der Waals surface area contributed by atoms with Crippen molar-refractivity contribution < 1.29 is 13.9 Å². The van der Waals surface area contributed by atoms with Gasteiger partial charge >= 0.3 is 5.97 Å². The molecule has 0 aliphatic carbocycles. The van der Waals surface area contributed by atoms with Gasteiger partial charge in [-0.15, -0.1) is 0 Å². The fourth-order valence-corrected chi connectivity index (χ4v) is 2.34. The fraction of sp³-hybridized carbons (Fsp3) is 0.353. The molecule has 112 valence electrons. The van der Waals surface area contributed by atoms with Crippen LogP contribution in [-0.4, -0.2) is 20.1 Å². The van der Waals surface area contributed by atoms with Gasteiger partial charge in [-0.1, -0.05) is 23.8 Å². The molecule has 4 heteroatoms.